The molecule has 2 aliphatic rings. The molecule has 2 fully saturated rings. The summed E-state index contributed by atoms with van der Waals surface area (Å²) in [6.45, 7) is 1.93. The van der Waals surface area contributed by atoms with Crippen molar-refractivity contribution in [3.63, 3.8) is 0 Å². The summed E-state index contributed by atoms with van der Waals surface area (Å²) in [5, 5.41) is 13.4. The van der Waals surface area contributed by atoms with Crippen LogP contribution in [0.5, 0.6) is 0 Å². The van der Waals surface area contributed by atoms with Gasteiger partial charge in [0.15, 0.2) is 0 Å². The summed E-state index contributed by atoms with van der Waals surface area (Å²) < 4.78 is 0. The van der Waals surface area contributed by atoms with E-state index in [9.17, 15) is 19.2 Å². The summed E-state index contributed by atoms with van der Waals surface area (Å²) in [4.78, 5) is 42.3. The molecule has 112 valence electrons. The van der Waals surface area contributed by atoms with Crippen LogP contribution in [0.3, 0.4) is 0 Å². The maximum absolute atomic E-state index is 11.1. The topological polar surface area (TPSA) is 113 Å². The predicted molar refractivity (Wildman–Crippen MR) is 73.1 cm³/mol. The van der Waals surface area contributed by atoms with Crippen molar-refractivity contribution in [3.8, 4) is 0 Å². The normalized spacial score (nSPS) is 24.4. The first kappa shape index (κ1) is 16.5. The lowest BCUT2D eigenvalue weighted by Crippen LogP contribution is -2.32. The Hall–Kier alpha value is -1.57. The van der Waals surface area contributed by atoms with E-state index in [-0.39, 0.29) is 23.0 Å². The van der Waals surface area contributed by atoms with E-state index in [1.807, 2.05) is 6.92 Å². The van der Waals surface area contributed by atoms with Gasteiger partial charge in [0.25, 0.3) is 0 Å². The number of thioether (sulfide) groups is 1. The third kappa shape index (κ3) is 5.20. The van der Waals surface area contributed by atoms with Gasteiger partial charge < -0.3 is 15.7 Å². The van der Waals surface area contributed by atoms with E-state index >= 15 is 0 Å². The van der Waals surface area contributed by atoms with Crippen molar-refractivity contribution in [1.29, 1.82) is 0 Å². The molecule has 2 heterocycles. The quantitative estimate of drug-likeness (QED) is 0.671. The summed E-state index contributed by atoms with van der Waals surface area (Å²) in [5.41, 5.74) is 0. The van der Waals surface area contributed by atoms with Gasteiger partial charge in [0.05, 0.1) is 6.04 Å². The van der Waals surface area contributed by atoms with Crippen LogP contribution in [0, 0.1) is 0 Å². The first-order valence-corrected chi connectivity index (χ1v) is 7.40. The number of carboxylic acids is 1. The molecule has 0 aromatic rings. The summed E-state index contributed by atoms with van der Waals surface area (Å²) >= 11 is 1.28. The number of carboxylic acid groups (broad SMARTS) is 1. The predicted octanol–water partition coefficient (Wildman–Crippen LogP) is -0.106. The molecule has 2 atom stereocenters. The van der Waals surface area contributed by atoms with Crippen LogP contribution in [-0.2, 0) is 19.2 Å². The second kappa shape index (κ2) is 7.88. The van der Waals surface area contributed by atoms with Crippen LogP contribution in [0.4, 0.5) is 0 Å². The molecule has 0 aromatic carbocycles. The molecule has 0 aliphatic carbocycles. The fraction of sp³-hybridized carbons (Fsp3) is 0.667. The van der Waals surface area contributed by atoms with Crippen LogP contribution < -0.4 is 10.6 Å². The van der Waals surface area contributed by atoms with Gasteiger partial charge in [-0.1, -0.05) is 18.7 Å². The van der Waals surface area contributed by atoms with Gasteiger partial charge in [0.1, 0.15) is 6.04 Å². The minimum Gasteiger partial charge on any atom is -0.480 e. The Morgan fingerprint density at radius 1 is 1.15 bits per heavy atom. The third-order valence-corrected chi connectivity index (χ3v) is 3.72. The number of amides is 2. The molecule has 0 spiro atoms. The number of nitrogens with one attached hydrogen (secondary N) is 2. The Morgan fingerprint density at radius 3 is 1.95 bits per heavy atom. The number of carbonyl (C=O) groups is 4. The zero-order valence-electron chi connectivity index (χ0n) is 11.2. The van der Waals surface area contributed by atoms with Crippen LogP contribution in [-0.4, -0.2) is 45.8 Å². The standard InChI is InChI=1S/C7H11NO2S.C5H7NO3/c1-2-11-7(10)5-3-4-6(9)8-5;7-4-2-1-3(6-4)5(8)9/h5H,2-4H2,1H3,(H,8,9);3H,1-2H2,(H,6,7)(H,8,9)/t5-;3-/m00/s1. The van der Waals surface area contributed by atoms with Crippen molar-refractivity contribution < 1.29 is 24.3 Å². The molecule has 0 bridgehead atoms. The smallest absolute Gasteiger partial charge is 0.326 e. The van der Waals surface area contributed by atoms with Crippen molar-refractivity contribution >= 4 is 34.7 Å². The van der Waals surface area contributed by atoms with Crippen molar-refractivity contribution in [2.24, 2.45) is 0 Å². The number of hydrogen-bond donors (Lipinski definition) is 3. The molecule has 0 saturated carbocycles. The van der Waals surface area contributed by atoms with Crippen LogP contribution in [0.1, 0.15) is 32.6 Å². The zero-order chi connectivity index (χ0) is 15.1. The zero-order valence-corrected chi connectivity index (χ0v) is 12.0. The summed E-state index contributed by atoms with van der Waals surface area (Å²) in [6, 6.07) is -0.857. The number of carbonyl (C=O) groups excluding carboxylic acids is 3. The molecule has 20 heavy (non-hydrogen) atoms. The number of aliphatic carboxylic acids is 1. The molecule has 0 radical (unpaired) electrons. The van der Waals surface area contributed by atoms with Crippen molar-refractivity contribution in [2.45, 2.75) is 44.7 Å². The highest BCUT2D eigenvalue weighted by Gasteiger charge is 2.27. The van der Waals surface area contributed by atoms with Gasteiger partial charge in [-0.05, 0) is 18.6 Å². The van der Waals surface area contributed by atoms with Crippen LogP contribution in [0.25, 0.3) is 0 Å². The fourth-order valence-corrected chi connectivity index (χ4v) is 2.50. The third-order valence-electron chi connectivity index (χ3n) is 2.86. The average Bonchev–Trinajstić information content (AvgIpc) is 2.99. The van der Waals surface area contributed by atoms with E-state index in [4.69, 9.17) is 5.11 Å². The van der Waals surface area contributed by atoms with Gasteiger partial charge in [-0.2, -0.15) is 0 Å². The van der Waals surface area contributed by atoms with Gasteiger partial charge in [-0.15, -0.1) is 0 Å². The molecular formula is C12H18N2O5S. The van der Waals surface area contributed by atoms with Gasteiger partial charge in [0, 0.05) is 12.8 Å². The highest BCUT2D eigenvalue weighted by Crippen LogP contribution is 2.14. The Kier molecular flexibility index (Phi) is 6.50. The fourth-order valence-electron chi connectivity index (χ4n) is 1.83. The van der Waals surface area contributed by atoms with Crippen LogP contribution >= 0.6 is 11.8 Å². The Bertz CT molecular complexity index is 413. The molecule has 3 N–H and O–H groups in total. The summed E-state index contributed by atoms with van der Waals surface area (Å²) in [7, 11) is 0. The molecule has 0 aromatic heterocycles. The minimum atomic E-state index is -0.944. The maximum atomic E-state index is 11.1. The van der Waals surface area contributed by atoms with Gasteiger partial charge in [-0.25, -0.2) is 4.79 Å². The first-order chi connectivity index (χ1) is 9.43. The molecule has 0 unspecified atom stereocenters. The van der Waals surface area contributed by atoms with Crippen LogP contribution in [0.15, 0.2) is 0 Å². The first-order valence-electron chi connectivity index (χ1n) is 6.42. The molecule has 2 aliphatic heterocycles. The minimum absolute atomic E-state index is 0.0000491. The molecule has 8 heteroatoms. The van der Waals surface area contributed by atoms with Crippen molar-refractivity contribution in [1.82, 2.24) is 10.6 Å². The lowest BCUT2D eigenvalue weighted by molar-refractivity contribution is -0.140. The Labute approximate surface area is 120 Å². The van der Waals surface area contributed by atoms with Gasteiger partial charge in [-0.3, -0.25) is 14.4 Å². The molecule has 7 nitrogen and oxygen atoms in total. The Morgan fingerprint density at radius 2 is 1.65 bits per heavy atom. The van der Waals surface area contributed by atoms with Crippen molar-refractivity contribution in [2.75, 3.05) is 5.75 Å². The van der Waals surface area contributed by atoms with E-state index in [0.29, 0.717) is 25.7 Å². The molecule has 2 saturated heterocycles. The summed E-state index contributed by atoms with van der Waals surface area (Å²) in [5.74, 6) is -0.325. The highest BCUT2D eigenvalue weighted by molar-refractivity contribution is 8.13. The van der Waals surface area contributed by atoms with Gasteiger partial charge >= 0.3 is 5.97 Å². The maximum Gasteiger partial charge on any atom is 0.326 e. The monoisotopic (exact) mass is 302 g/mol. The highest BCUT2D eigenvalue weighted by atomic mass is 32.2. The lowest BCUT2D eigenvalue weighted by atomic mass is 10.2. The van der Waals surface area contributed by atoms with E-state index in [2.05, 4.69) is 10.6 Å². The van der Waals surface area contributed by atoms with E-state index in [1.54, 1.807) is 0 Å². The molecule has 2 amide bonds. The molecular weight excluding hydrogens is 284 g/mol. The van der Waals surface area contributed by atoms with Crippen LogP contribution in [0.2, 0.25) is 0 Å². The van der Waals surface area contributed by atoms with E-state index in [1.165, 1.54) is 11.8 Å². The second-order valence-electron chi connectivity index (χ2n) is 4.41. The second-order valence-corrected chi connectivity index (χ2v) is 5.68. The SMILES string of the molecule is CCSC(=O)[C@@H]1CCC(=O)N1.O=C1CC[C@@H](C(=O)O)N1. The van der Waals surface area contributed by atoms with E-state index < -0.39 is 12.0 Å². The van der Waals surface area contributed by atoms with Crippen molar-refractivity contribution in [3.05, 3.63) is 0 Å². The Balaban J connectivity index is 0.000000204. The largest absolute Gasteiger partial charge is 0.480 e. The van der Waals surface area contributed by atoms with Gasteiger partial charge in [0.2, 0.25) is 16.9 Å². The van der Waals surface area contributed by atoms with E-state index in [0.717, 1.165) is 5.75 Å². The lowest BCUT2D eigenvalue weighted by Gasteiger charge is -2.05. The number of hydrogen-bond acceptors (Lipinski definition) is 5. The molecule has 2 rings (SSSR count). The summed E-state index contributed by atoms with van der Waals surface area (Å²) in [6.07, 6.45) is 1.94. The average molecular weight is 302 g/mol. The number of rotatable bonds is 3.